The van der Waals surface area contributed by atoms with Crippen LogP contribution in [0.5, 0.6) is 0 Å². The van der Waals surface area contributed by atoms with Crippen molar-refractivity contribution in [3.8, 4) is 0 Å². The van der Waals surface area contributed by atoms with Gasteiger partial charge in [-0.05, 0) is 0 Å². The van der Waals surface area contributed by atoms with Crippen LogP contribution in [0.4, 0.5) is 0 Å². The summed E-state index contributed by atoms with van der Waals surface area (Å²) in [6.07, 6.45) is 0. The average molecular weight is 501 g/mol. The summed E-state index contributed by atoms with van der Waals surface area (Å²) in [5.74, 6) is 0. The van der Waals surface area contributed by atoms with Crippen molar-refractivity contribution in [1.82, 2.24) is 0 Å². The van der Waals surface area contributed by atoms with E-state index in [1.807, 2.05) is 32.0 Å². The molecular formula is C23H27O3PSn. The summed E-state index contributed by atoms with van der Waals surface area (Å²) in [6.45, 7) is 4.49. The predicted octanol–water partition coefficient (Wildman–Crippen LogP) is 3.96. The molecule has 146 valence electrons. The normalized spacial score (nSPS) is 12.1. The van der Waals surface area contributed by atoms with Crippen molar-refractivity contribution < 1.29 is 13.6 Å². The molecule has 0 aromatic heterocycles. The number of hydrogen-bond acceptors (Lipinski definition) is 3. The van der Waals surface area contributed by atoms with Gasteiger partial charge >= 0.3 is 173 Å². The van der Waals surface area contributed by atoms with Crippen molar-refractivity contribution in [2.75, 3.05) is 17.4 Å². The number of hydrogen-bond donors (Lipinski definition) is 0. The second-order valence-electron chi connectivity index (χ2n) is 6.61. The average Bonchev–Trinajstić information content (AvgIpc) is 2.74. The van der Waals surface area contributed by atoms with Crippen LogP contribution in [0.15, 0.2) is 91.0 Å². The summed E-state index contributed by atoms with van der Waals surface area (Å²) < 4.78 is 29.6. The van der Waals surface area contributed by atoms with Crippen molar-refractivity contribution in [3.63, 3.8) is 0 Å². The van der Waals surface area contributed by atoms with Crippen LogP contribution in [-0.4, -0.2) is 35.8 Å². The van der Waals surface area contributed by atoms with E-state index in [1.54, 1.807) is 0 Å². The molecule has 0 heterocycles. The Morgan fingerprint density at radius 1 is 0.643 bits per heavy atom. The molecule has 28 heavy (non-hydrogen) atoms. The molecule has 0 aliphatic rings. The molecule has 3 nitrogen and oxygen atoms in total. The zero-order valence-electron chi connectivity index (χ0n) is 16.5. The first-order chi connectivity index (χ1) is 13.6. The fraction of sp³-hybridized carbons (Fsp3) is 0.217. The van der Waals surface area contributed by atoms with Crippen LogP contribution in [0.3, 0.4) is 0 Å². The molecule has 3 aromatic carbocycles. The van der Waals surface area contributed by atoms with Crippen LogP contribution in [-0.2, 0) is 13.6 Å². The van der Waals surface area contributed by atoms with E-state index in [2.05, 4.69) is 72.8 Å². The molecule has 0 unspecified atom stereocenters. The first-order valence-electron chi connectivity index (χ1n) is 9.69. The second kappa shape index (κ2) is 9.89. The van der Waals surface area contributed by atoms with Crippen molar-refractivity contribution in [2.45, 2.75) is 13.8 Å². The molecule has 5 heteroatoms. The molecule has 0 N–H and O–H groups in total. The van der Waals surface area contributed by atoms with Gasteiger partial charge in [-0.2, -0.15) is 0 Å². The van der Waals surface area contributed by atoms with E-state index in [4.69, 9.17) is 9.05 Å². The molecule has 3 rings (SSSR count). The summed E-state index contributed by atoms with van der Waals surface area (Å²) in [4.78, 5) is 0. The third-order valence-corrected chi connectivity index (χ3v) is 25.7. The Morgan fingerprint density at radius 3 is 1.25 bits per heavy atom. The molecule has 0 radical (unpaired) electrons. The summed E-state index contributed by atoms with van der Waals surface area (Å²) in [5.41, 5.74) is 0. The molecular weight excluding hydrogens is 474 g/mol. The molecule has 0 fully saturated rings. The van der Waals surface area contributed by atoms with Gasteiger partial charge < -0.3 is 0 Å². The van der Waals surface area contributed by atoms with Gasteiger partial charge in [0.15, 0.2) is 0 Å². The molecule has 0 aliphatic heterocycles. The Balaban J connectivity index is 2.29. The minimum atomic E-state index is -3.67. The van der Waals surface area contributed by atoms with Crippen molar-refractivity contribution in [3.05, 3.63) is 91.0 Å². The molecule has 0 spiro atoms. The predicted molar refractivity (Wildman–Crippen MR) is 120 cm³/mol. The SMILES string of the molecule is CCOP(=O)([CH2][Sn]([c]1ccccc1)([c]1ccccc1)[c]1ccccc1)OCC. The van der Waals surface area contributed by atoms with Gasteiger partial charge in [-0.1, -0.05) is 0 Å². The zero-order chi connectivity index (χ0) is 19.9. The maximum atomic E-state index is 13.8. The minimum absolute atomic E-state index is 0.373. The van der Waals surface area contributed by atoms with E-state index >= 15 is 0 Å². The van der Waals surface area contributed by atoms with Crippen LogP contribution in [0, 0.1) is 0 Å². The molecule has 3 aromatic rings. The quantitative estimate of drug-likeness (QED) is 0.329. The van der Waals surface area contributed by atoms with Gasteiger partial charge in [0.05, 0.1) is 0 Å². The topological polar surface area (TPSA) is 35.5 Å². The third-order valence-electron chi connectivity index (χ3n) is 4.88. The van der Waals surface area contributed by atoms with E-state index in [1.165, 1.54) is 10.7 Å². The van der Waals surface area contributed by atoms with Gasteiger partial charge in [0, 0.05) is 0 Å². The molecule has 0 atom stereocenters. The molecule has 0 saturated carbocycles. The van der Waals surface area contributed by atoms with Gasteiger partial charge in [0.2, 0.25) is 0 Å². The molecule has 0 bridgehead atoms. The number of benzene rings is 3. The van der Waals surface area contributed by atoms with Gasteiger partial charge in [0.1, 0.15) is 0 Å². The van der Waals surface area contributed by atoms with Gasteiger partial charge in [-0.3, -0.25) is 0 Å². The van der Waals surface area contributed by atoms with Crippen LogP contribution in [0.2, 0.25) is 0 Å². The second-order valence-corrected chi connectivity index (χ2v) is 21.5. The molecule has 0 saturated heterocycles. The van der Waals surface area contributed by atoms with Gasteiger partial charge in [-0.25, -0.2) is 0 Å². The fourth-order valence-corrected chi connectivity index (χ4v) is 26.5. The van der Waals surface area contributed by atoms with E-state index in [9.17, 15) is 4.57 Å². The Bertz CT molecular complexity index is 794. The van der Waals surface area contributed by atoms with Crippen molar-refractivity contribution in [1.29, 1.82) is 0 Å². The summed E-state index contributed by atoms with van der Waals surface area (Å²) >= 11 is -3.67. The first kappa shape index (κ1) is 21.3. The van der Waals surface area contributed by atoms with Gasteiger partial charge in [0.25, 0.3) is 0 Å². The van der Waals surface area contributed by atoms with Crippen LogP contribution in [0.1, 0.15) is 13.8 Å². The molecule has 0 aliphatic carbocycles. The standard InChI is InChI=1S/3C6H5.C5H12O3P.Sn/c3*1-2-4-6-5-3-1;1-4-7-9(3,6)8-5-2;/h3*1-5H;3-5H2,1-2H3;. The van der Waals surface area contributed by atoms with E-state index < -0.39 is 26.0 Å². The first-order valence-corrected chi connectivity index (χ1v) is 17.7. The van der Waals surface area contributed by atoms with Gasteiger partial charge in [-0.15, -0.1) is 0 Å². The summed E-state index contributed by atoms with van der Waals surface area (Å²) in [7, 11) is -3.24. The third kappa shape index (κ3) is 4.60. The van der Waals surface area contributed by atoms with E-state index in [0.29, 0.717) is 17.4 Å². The van der Waals surface area contributed by atoms with Crippen molar-refractivity contribution in [2.24, 2.45) is 0 Å². The van der Waals surface area contributed by atoms with Crippen LogP contribution < -0.4 is 10.7 Å². The number of rotatable bonds is 9. The maximum absolute atomic E-state index is 13.8. The monoisotopic (exact) mass is 502 g/mol. The fourth-order valence-electron chi connectivity index (χ4n) is 3.75. The Kier molecular flexibility index (Phi) is 7.53. The Morgan fingerprint density at radius 2 is 0.964 bits per heavy atom. The Hall–Kier alpha value is -1.39. The summed E-state index contributed by atoms with van der Waals surface area (Å²) in [6, 6.07) is 31.6. The van der Waals surface area contributed by atoms with E-state index in [-0.39, 0.29) is 0 Å². The Labute approximate surface area is 172 Å². The van der Waals surface area contributed by atoms with Crippen LogP contribution >= 0.6 is 7.60 Å². The van der Waals surface area contributed by atoms with Crippen LogP contribution in [0.25, 0.3) is 0 Å². The summed E-state index contributed by atoms with van der Waals surface area (Å²) in [5, 5.41) is 0. The zero-order valence-corrected chi connectivity index (χ0v) is 20.2. The molecule has 0 amide bonds. The van der Waals surface area contributed by atoms with E-state index in [0.717, 1.165) is 0 Å². The van der Waals surface area contributed by atoms with Crippen molar-refractivity contribution >= 4 is 36.7 Å².